The molecule has 0 radical (unpaired) electrons. The van der Waals surface area contributed by atoms with Gasteiger partial charge in [0.05, 0.1) is 19.6 Å². The smallest absolute Gasteiger partial charge is 0.229 e. The number of anilines is 3. The van der Waals surface area contributed by atoms with Gasteiger partial charge in [-0.15, -0.1) is 0 Å². The molecule has 33 heavy (non-hydrogen) atoms. The Morgan fingerprint density at radius 3 is 2.03 bits per heavy atom. The average Bonchev–Trinajstić information content (AvgIpc) is 2.80. The number of carbonyl (C=O) groups is 2. The summed E-state index contributed by atoms with van der Waals surface area (Å²) in [5.41, 5.74) is 3.60. The highest BCUT2D eigenvalue weighted by Gasteiger charge is 2.24. The molecular weight excluding hydrogens is 414 g/mol. The molecule has 3 aromatic carbocycles. The van der Waals surface area contributed by atoms with Crippen molar-refractivity contribution in [2.45, 2.75) is 39.3 Å². The summed E-state index contributed by atoms with van der Waals surface area (Å²) >= 11 is 0. The Balaban J connectivity index is 1.77. The first-order chi connectivity index (χ1) is 15.9. The summed E-state index contributed by atoms with van der Waals surface area (Å²) in [6.45, 7) is 5.42. The highest BCUT2D eigenvalue weighted by atomic mass is 16.5. The molecule has 0 aliphatic rings. The predicted octanol–water partition coefficient (Wildman–Crippen LogP) is 5.45. The lowest BCUT2D eigenvalue weighted by Crippen LogP contribution is -2.40. The van der Waals surface area contributed by atoms with Crippen LogP contribution in [-0.4, -0.2) is 25.0 Å². The van der Waals surface area contributed by atoms with E-state index in [4.69, 9.17) is 4.74 Å². The summed E-state index contributed by atoms with van der Waals surface area (Å²) in [6.07, 6.45) is 0.147. The van der Waals surface area contributed by atoms with Gasteiger partial charge in [-0.3, -0.25) is 9.59 Å². The number of hydrogen-bond acceptors (Lipinski definition) is 4. The second kappa shape index (κ2) is 11.2. The second-order valence-electron chi connectivity index (χ2n) is 8.13. The number of hydrogen-bond donors (Lipinski definition) is 2. The van der Waals surface area contributed by atoms with E-state index >= 15 is 0 Å². The number of methoxy groups -OCH3 is 1. The quantitative estimate of drug-likeness (QED) is 0.460. The number of benzene rings is 3. The van der Waals surface area contributed by atoms with E-state index in [1.807, 2.05) is 92.7 Å². The molecular formula is C27H31N3O3. The van der Waals surface area contributed by atoms with Crippen molar-refractivity contribution < 1.29 is 14.3 Å². The normalized spacial score (nSPS) is 11.5. The lowest BCUT2D eigenvalue weighted by atomic mass is 10.0. The van der Waals surface area contributed by atoms with Gasteiger partial charge in [-0.25, -0.2) is 0 Å². The van der Waals surface area contributed by atoms with Crippen molar-refractivity contribution in [2.75, 3.05) is 17.3 Å². The number of amides is 2. The number of nitrogens with zero attached hydrogens (tertiary/aromatic N) is 1. The molecule has 0 saturated heterocycles. The summed E-state index contributed by atoms with van der Waals surface area (Å²) in [5.74, 6) is 0.471. The molecule has 0 fully saturated rings. The highest BCUT2D eigenvalue weighted by molar-refractivity contribution is 5.94. The van der Waals surface area contributed by atoms with Crippen molar-refractivity contribution in [3.8, 4) is 5.75 Å². The Labute approximate surface area is 195 Å². The van der Waals surface area contributed by atoms with Crippen LogP contribution in [0.5, 0.6) is 5.75 Å². The zero-order valence-corrected chi connectivity index (χ0v) is 19.5. The van der Waals surface area contributed by atoms with Crippen LogP contribution in [0.1, 0.15) is 38.8 Å². The van der Waals surface area contributed by atoms with Crippen LogP contribution in [0.25, 0.3) is 0 Å². The molecule has 0 aliphatic carbocycles. The van der Waals surface area contributed by atoms with Gasteiger partial charge in [-0.1, -0.05) is 30.3 Å². The van der Waals surface area contributed by atoms with Crippen LogP contribution in [0.2, 0.25) is 0 Å². The predicted molar refractivity (Wildman–Crippen MR) is 133 cm³/mol. The third-order valence-electron chi connectivity index (χ3n) is 5.27. The summed E-state index contributed by atoms with van der Waals surface area (Å²) in [4.78, 5) is 27.0. The van der Waals surface area contributed by atoms with Gasteiger partial charge < -0.3 is 20.3 Å². The lowest BCUT2D eigenvalue weighted by Gasteiger charge is -2.29. The molecule has 0 aromatic heterocycles. The standard InChI is InChI=1S/C27H31N3O3/c1-19(2)30(24-14-12-23(13-15-24)29-22-8-6-5-7-9-22)27(32)18-26(28-20(3)31)21-10-16-25(33-4)17-11-21/h5-17,19,26,29H,18H2,1-4H3,(H,28,31). The van der Waals surface area contributed by atoms with Crippen molar-refractivity contribution in [3.63, 3.8) is 0 Å². The Kier molecular flexibility index (Phi) is 8.08. The topological polar surface area (TPSA) is 70.7 Å². The fourth-order valence-electron chi connectivity index (χ4n) is 3.73. The molecule has 2 amide bonds. The Hall–Kier alpha value is -3.80. The Morgan fingerprint density at radius 1 is 0.879 bits per heavy atom. The van der Waals surface area contributed by atoms with Gasteiger partial charge in [-0.2, -0.15) is 0 Å². The van der Waals surface area contributed by atoms with Crippen LogP contribution in [0.4, 0.5) is 17.1 Å². The molecule has 3 rings (SSSR count). The molecule has 6 heteroatoms. The summed E-state index contributed by atoms with van der Waals surface area (Å²) in [6, 6.07) is 24.6. The van der Waals surface area contributed by atoms with E-state index in [0.29, 0.717) is 0 Å². The zero-order valence-electron chi connectivity index (χ0n) is 19.5. The first-order valence-corrected chi connectivity index (χ1v) is 11.0. The third-order valence-corrected chi connectivity index (χ3v) is 5.27. The maximum absolute atomic E-state index is 13.4. The van der Waals surface area contributed by atoms with Crippen LogP contribution < -0.4 is 20.3 Å². The number of rotatable bonds is 9. The van der Waals surface area contributed by atoms with Crippen molar-refractivity contribution in [1.82, 2.24) is 5.32 Å². The van der Waals surface area contributed by atoms with Crippen LogP contribution in [-0.2, 0) is 9.59 Å². The first-order valence-electron chi connectivity index (χ1n) is 11.0. The largest absolute Gasteiger partial charge is 0.497 e. The van der Waals surface area contributed by atoms with Gasteiger partial charge in [0, 0.05) is 30.0 Å². The molecule has 1 atom stereocenters. The minimum Gasteiger partial charge on any atom is -0.497 e. The Bertz CT molecular complexity index is 1050. The average molecular weight is 446 g/mol. The van der Waals surface area contributed by atoms with Crippen LogP contribution >= 0.6 is 0 Å². The molecule has 3 aromatic rings. The van der Waals surface area contributed by atoms with Gasteiger partial charge in [0.25, 0.3) is 0 Å². The molecule has 0 aliphatic heterocycles. The summed E-state index contributed by atoms with van der Waals surface area (Å²) in [5, 5.41) is 6.26. The molecule has 1 unspecified atom stereocenters. The molecule has 172 valence electrons. The van der Waals surface area contributed by atoms with Crippen LogP contribution in [0, 0.1) is 0 Å². The number of carbonyl (C=O) groups excluding carboxylic acids is 2. The van der Waals surface area contributed by atoms with E-state index < -0.39 is 6.04 Å². The summed E-state index contributed by atoms with van der Waals surface area (Å²) in [7, 11) is 1.60. The van der Waals surface area contributed by atoms with Crippen molar-refractivity contribution in [2.24, 2.45) is 0 Å². The first kappa shape index (κ1) is 23.9. The molecule has 0 spiro atoms. The molecule has 0 bridgehead atoms. The van der Waals surface area contributed by atoms with Gasteiger partial charge in [0.2, 0.25) is 11.8 Å². The SMILES string of the molecule is COc1ccc(C(CC(=O)N(c2ccc(Nc3ccccc3)cc2)C(C)C)NC(C)=O)cc1. The van der Waals surface area contributed by atoms with Crippen molar-refractivity contribution in [1.29, 1.82) is 0 Å². The van der Waals surface area contributed by atoms with Gasteiger partial charge >= 0.3 is 0 Å². The minimum atomic E-state index is -0.429. The number of nitrogens with one attached hydrogen (secondary N) is 2. The Morgan fingerprint density at radius 2 is 1.48 bits per heavy atom. The van der Waals surface area contributed by atoms with Crippen LogP contribution in [0.3, 0.4) is 0 Å². The molecule has 0 heterocycles. The molecule has 0 saturated carbocycles. The van der Waals surface area contributed by atoms with E-state index in [1.54, 1.807) is 12.0 Å². The van der Waals surface area contributed by atoms with E-state index in [-0.39, 0.29) is 24.3 Å². The van der Waals surface area contributed by atoms with Crippen LogP contribution in [0.15, 0.2) is 78.9 Å². The van der Waals surface area contributed by atoms with E-state index in [2.05, 4.69) is 10.6 Å². The fraction of sp³-hybridized carbons (Fsp3) is 0.259. The summed E-state index contributed by atoms with van der Waals surface area (Å²) < 4.78 is 5.22. The fourth-order valence-corrected chi connectivity index (χ4v) is 3.73. The third kappa shape index (κ3) is 6.59. The zero-order chi connectivity index (χ0) is 23.8. The minimum absolute atomic E-state index is 0.0423. The maximum atomic E-state index is 13.4. The monoisotopic (exact) mass is 445 g/mol. The lowest BCUT2D eigenvalue weighted by molar-refractivity contribution is -0.121. The molecule has 6 nitrogen and oxygen atoms in total. The molecule has 2 N–H and O–H groups in total. The van der Waals surface area contributed by atoms with Crippen molar-refractivity contribution >= 4 is 28.9 Å². The highest BCUT2D eigenvalue weighted by Crippen LogP contribution is 2.26. The van der Waals surface area contributed by atoms with Gasteiger partial charge in [-0.05, 0) is 67.9 Å². The number of ether oxygens (including phenoxy) is 1. The van der Waals surface area contributed by atoms with Crippen molar-refractivity contribution in [3.05, 3.63) is 84.4 Å². The van der Waals surface area contributed by atoms with E-state index in [0.717, 1.165) is 28.4 Å². The maximum Gasteiger partial charge on any atom is 0.229 e. The van der Waals surface area contributed by atoms with Gasteiger partial charge in [0.1, 0.15) is 5.75 Å². The van der Waals surface area contributed by atoms with Gasteiger partial charge in [0.15, 0.2) is 0 Å². The number of para-hydroxylation sites is 1. The second-order valence-corrected chi connectivity index (χ2v) is 8.13. The van der Waals surface area contributed by atoms with E-state index in [9.17, 15) is 9.59 Å². The van der Waals surface area contributed by atoms with E-state index in [1.165, 1.54) is 6.92 Å².